The van der Waals surface area contributed by atoms with Crippen LogP contribution in [0.2, 0.25) is 0 Å². The van der Waals surface area contributed by atoms with Crippen molar-refractivity contribution >= 4 is 5.97 Å². The molecule has 0 saturated heterocycles. The Morgan fingerprint density at radius 1 is 1.31 bits per heavy atom. The average Bonchev–Trinajstić information content (AvgIpc) is 1.96. The van der Waals surface area contributed by atoms with Crippen molar-refractivity contribution in [2.45, 2.75) is 46.2 Å². The minimum Gasteiger partial charge on any atom is -0.468 e. The molecule has 0 spiro atoms. The van der Waals surface area contributed by atoms with E-state index >= 15 is 0 Å². The van der Waals surface area contributed by atoms with Gasteiger partial charge < -0.3 is 4.74 Å². The van der Waals surface area contributed by atoms with Crippen LogP contribution in [0.5, 0.6) is 0 Å². The maximum atomic E-state index is 11.3. The first kappa shape index (κ1) is 12.4. The van der Waals surface area contributed by atoms with Gasteiger partial charge in [0.05, 0.1) is 7.11 Å². The molecule has 78 valence electrons. The topological polar surface area (TPSA) is 38.3 Å². The van der Waals surface area contributed by atoms with Crippen LogP contribution < -0.4 is 5.32 Å². The monoisotopic (exact) mass is 187 g/mol. The summed E-state index contributed by atoms with van der Waals surface area (Å²) in [6.07, 6.45) is 0. The molecule has 0 aromatic carbocycles. The molecule has 0 aliphatic rings. The number of esters is 1. The molecule has 0 saturated carbocycles. The van der Waals surface area contributed by atoms with Gasteiger partial charge in [0, 0.05) is 5.54 Å². The fourth-order valence-electron chi connectivity index (χ4n) is 1.09. The summed E-state index contributed by atoms with van der Waals surface area (Å²) in [6, 6.07) is -0.218. The highest BCUT2D eigenvalue weighted by Crippen LogP contribution is 2.09. The average molecular weight is 187 g/mol. The number of ether oxygens (including phenoxy) is 1. The van der Waals surface area contributed by atoms with Crippen molar-refractivity contribution in [2.75, 3.05) is 7.11 Å². The molecule has 3 heteroatoms. The highest BCUT2D eigenvalue weighted by Gasteiger charge is 2.26. The molecule has 0 bridgehead atoms. The third kappa shape index (κ3) is 4.88. The summed E-state index contributed by atoms with van der Waals surface area (Å²) in [6.45, 7) is 10.1. The second-order valence-corrected chi connectivity index (χ2v) is 4.64. The van der Waals surface area contributed by atoms with E-state index in [1.807, 2.05) is 34.6 Å². The molecule has 1 N–H and O–H groups in total. The fourth-order valence-corrected chi connectivity index (χ4v) is 1.09. The number of rotatable bonds is 3. The molecule has 0 aromatic heterocycles. The number of carbonyl (C=O) groups excluding carboxylic acids is 1. The molecule has 0 amide bonds. The van der Waals surface area contributed by atoms with E-state index in [1.54, 1.807) is 0 Å². The zero-order valence-electron chi connectivity index (χ0n) is 9.47. The largest absolute Gasteiger partial charge is 0.468 e. The Morgan fingerprint density at radius 2 is 1.77 bits per heavy atom. The third-order valence-electron chi connectivity index (χ3n) is 1.71. The fraction of sp³-hybridized carbons (Fsp3) is 0.900. The Morgan fingerprint density at radius 3 is 2.00 bits per heavy atom. The Kier molecular flexibility index (Phi) is 4.40. The van der Waals surface area contributed by atoms with Gasteiger partial charge in [0.1, 0.15) is 6.04 Å². The van der Waals surface area contributed by atoms with Crippen molar-refractivity contribution in [3.8, 4) is 0 Å². The molecule has 0 fully saturated rings. The van der Waals surface area contributed by atoms with Gasteiger partial charge in [-0.05, 0) is 26.7 Å². The number of carbonyl (C=O) groups is 1. The summed E-state index contributed by atoms with van der Waals surface area (Å²) >= 11 is 0. The van der Waals surface area contributed by atoms with Crippen LogP contribution in [0, 0.1) is 5.92 Å². The van der Waals surface area contributed by atoms with Crippen molar-refractivity contribution in [2.24, 2.45) is 5.92 Å². The van der Waals surface area contributed by atoms with E-state index in [0.29, 0.717) is 0 Å². The predicted molar refractivity (Wildman–Crippen MR) is 53.5 cm³/mol. The van der Waals surface area contributed by atoms with Crippen LogP contribution in [0.25, 0.3) is 0 Å². The first-order valence-corrected chi connectivity index (χ1v) is 4.63. The lowest BCUT2D eigenvalue weighted by Gasteiger charge is -2.29. The molecule has 0 aliphatic heterocycles. The third-order valence-corrected chi connectivity index (χ3v) is 1.71. The molecule has 0 aromatic rings. The zero-order valence-corrected chi connectivity index (χ0v) is 9.47. The van der Waals surface area contributed by atoms with Crippen molar-refractivity contribution in [1.29, 1.82) is 0 Å². The van der Waals surface area contributed by atoms with E-state index in [-0.39, 0.29) is 23.5 Å². The summed E-state index contributed by atoms with van der Waals surface area (Å²) < 4.78 is 4.72. The number of hydrogen-bond acceptors (Lipinski definition) is 3. The SMILES string of the molecule is COC(=O)C(NC(C)(C)C)C(C)C. The van der Waals surface area contributed by atoms with E-state index in [4.69, 9.17) is 4.74 Å². The predicted octanol–water partition coefficient (Wildman–Crippen LogP) is 1.57. The molecule has 1 unspecified atom stereocenters. The van der Waals surface area contributed by atoms with Crippen LogP contribution in [-0.2, 0) is 9.53 Å². The van der Waals surface area contributed by atoms with Crippen LogP contribution in [0.1, 0.15) is 34.6 Å². The second kappa shape index (κ2) is 4.61. The summed E-state index contributed by atoms with van der Waals surface area (Å²) in [5.41, 5.74) is -0.0663. The number of nitrogens with one attached hydrogen (secondary N) is 1. The normalized spacial score (nSPS) is 14.4. The molecule has 0 aliphatic carbocycles. The van der Waals surface area contributed by atoms with Crippen molar-refractivity contribution in [1.82, 2.24) is 5.32 Å². The van der Waals surface area contributed by atoms with Gasteiger partial charge in [0.25, 0.3) is 0 Å². The smallest absolute Gasteiger partial charge is 0.323 e. The quantitative estimate of drug-likeness (QED) is 0.682. The summed E-state index contributed by atoms with van der Waals surface area (Å²) in [5.74, 6) is 0.0524. The number of methoxy groups -OCH3 is 1. The van der Waals surface area contributed by atoms with Gasteiger partial charge in [-0.1, -0.05) is 13.8 Å². The van der Waals surface area contributed by atoms with Gasteiger partial charge in [0.15, 0.2) is 0 Å². The lowest BCUT2D eigenvalue weighted by atomic mass is 10.00. The Labute approximate surface area is 80.8 Å². The van der Waals surface area contributed by atoms with E-state index in [2.05, 4.69) is 5.32 Å². The molecular weight excluding hydrogens is 166 g/mol. The molecule has 1 atom stereocenters. The van der Waals surface area contributed by atoms with Gasteiger partial charge in [-0.15, -0.1) is 0 Å². The van der Waals surface area contributed by atoms with Crippen LogP contribution in [0.15, 0.2) is 0 Å². The van der Waals surface area contributed by atoms with Crippen molar-refractivity contribution < 1.29 is 9.53 Å². The van der Waals surface area contributed by atoms with Gasteiger partial charge >= 0.3 is 5.97 Å². The first-order chi connectivity index (χ1) is 5.78. The lowest BCUT2D eigenvalue weighted by Crippen LogP contribution is -2.50. The van der Waals surface area contributed by atoms with Crippen LogP contribution in [0.4, 0.5) is 0 Å². The molecule has 0 heterocycles. The highest BCUT2D eigenvalue weighted by molar-refractivity contribution is 5.76. The molecule has 3 nitrogen and oxygen atoms in total. The zero-order chi connectivity index (χ0) is 10.6. The van der Waals surface area contributed by atoms with Crippen LogP contribution in [-0.4, -0.2) is 24.7 Å². The van der Waals surface area contributed by atoms with E-state index in [9.17, 15) is 4.79 Å². The second-order valence-electron chi connectivity index (χ2n) is 4.64. The van der Waals surface area contributed by atoms with Crippen molar-refractivity contribution in [3.63, 3.8) is 0 Å². The van der Waals surface area contributed by atoms with Crippen molar-refractivity contribution in [3.05, 3.63) is 0 Å². The van der Waals surface area contributed by atoms with Gasteiger partial charge in [-0.2, -0.15) is 0 Å². The van der Waals surface area contributed by atoms with E-state index in [1.165, 1.54) is 7.11 Å². The highest BCUT2D eigenvalue weighted by atomic mass is 16.5. The van der Waals surface area contributed by atoms with E-state index in [0.717, 1.165) is 0 Å². The minimum atomic E-state index is -0.218. The number of hydrogen-bond donors (Lipinski definition) is 1. The first-order valence-electron chi connectivity index (χ1n) is 4.63. The molecular formula is C10H21NO2. The summed E-state index contributed by atoms with van der Waals surface area (Å²) in [5, 5.41) is 3.23. The van der Waals surface area contributed by atoms with Crippen LogP contribution in [0.3, 0.4) is 0 Å². The van der Waals surface area contributed by atoms with E-state index < -0.39 is 0 Å². The Balaban J connectivity index is 4.36. The Bertz CT molecular complexity index is 170. The summed E-state index contributed by atoms with van der Waals surface area (Å²) in [7, 11) is 1.42. The molecule has 0 rings (SSSR count). The maximum absolute atomic E-state index is 11.3. The summed E-state index contributed by atoms with van der Waals surface area (Å²) in [4.78, 5) is 11.3. The van der Waals surface area contributed by atoms with Gasteiger partial charge in [-0.25, -0.2) is 0 Å². The maximum Gasteiger partial charge on any atom is 0.323 e. The van der Waals surface area contributed by atoms with Crippen LogP contribution >= 0.6 is 0 Å². The molecule has 0 radical (unpaired) electrons. The molecule has 13 heavy (non-hydrogen) atoms. The van der Waals surface area contributed by atoms with Gasteiger partial charge in [0.2, 0.25) is 0 Å². The van der Waals surface area contributed by atoms with Gasteiger partial charge in [-0.3, -0.25) is 10.1 Å². The Hall–Kier alpha value is -0.570. The minimum absolute atomic E-state index is 0.0663. The standard InChI is InChI=1S/C10H21NO2/c1-7(2)8(9(12)13-6)11-10(3,4)5/h7-8,11H,1-6H3. The lowest BCUT2D eigenvalue weighted by molar-refractivity contribution is -0.144.